The number of nitrogens with one attached hydrogen (secondary N) is 1. The van der Waals surface area contributed by atoms with Gasteiger partial charge in [-0.1, -0.05) is 40.0 Å². The van der Waals surface area contributed by atoms with E-state index in [1.165, 1.54) is 0 Å². The molecule has 0 saturated heterocycles. The van der Waals surface area contributed by atoms with Gasteiger partial charge in [0.05, 0.1) is 6.61 Å². The lowest BCUT2D eigenvalue weighted by Gasteiger charge is -2.27. The van der Waals surface area contributed by atoms with Gasteiger partial charge in [-0.25, -0.2) is 0 Å². The maximum atomic E-state index is 12.6. The van der Waals surface area contributed by atoms with Crippen molar-refractivity contribution in [2.45, 2.75) is 65.9 Å². The normalized spacial score (nSPS) is 13.6. The molecule has 0 aliphatic heterocycles. The molecule has 0 spiro atoms. The Morgan fingerprint density at radius 3 is 2.54 bits per heavy atom. The van der Waals surface area contributed by atoms with Gasteiger partial charge >= 0.3 is 0 Å². The lowest BCUT2D eigenvalue weighted by atomic mass is 9.97. The van der Waals surface area contributed by atoms with Crippen LogP contribution in [0.1, 0.15) is 58.9 Å². The number of rotatable bonds is 10. The summed E-state index contributed by atoms with van der Waals surface area (Å²) in [6.07, 6.45) is 3.93. The molecular formula is C20H33NO3. The predicted octanol–water partition coefficient (Wildman–Crippen LogP) is 4.95. The van der Waals surface area contributed by atoms with Gasteiger partial charge in [-0.15, -0.1) is 0 Å². The molecule has 1 atom stereocenters. The summed E-state index contributed by atoms with van der Waals surface area (Å²) in [7, 11) is 1.60. The van der Waals surface area contributed by atoms with E-state index in [-0.39, 0.29) is 5.91 Å². The van der Waals surface area contributed by atoms with Gasteiger partial charge < -0.3 is 14.8 Å². The number of carbonyl (C=O) groups excluding carboxylic acids is 1. The highest BCUT2D eigenvalue weighted by Crippen LogP contribution is 2.25. The van der Waals surface area contributed by atoms with Crippen LogP contribution in [0.4, 0.5) is 5.69 Å². The highest BCUT2D eigenvalue weighted by atomic mass is 16.5. The fraction of sp³-hybridized carbons (Fsp3) is 0.650. The third-order valence-electron chi connectivity index (χ3n) is 4.19. The number of aryl methyl sites for hydroxylation is 1. The molecule has 0 bridgehead atoms. The van der Waals surface area contributed by atoms with Crippen molar-refractivity contribution in [3.63, 3.8) is 0 Å². The van der Waals surface area contributed by atoms with Crippen molar-refractivity contribution in [3.8, 4) is 5.75 Å². The number of hydrogen-bond donors (Lipinski definition) is 1. The number of anilines is 1. The summed E-state index contributed by atoms with van der Waals surface area (Å²) in [5.74, 6) is 1.24. The summed E-state index contributed by atoms with van der Waals surface area (Å²) in [5, 5.41) is 2.97. The standard InChI is InChI=1S/C20H33NO3/c1-7-8-9-12-20(5,23-6)19(22)21-17-10-11-18(16(4)13-17)24-14-15(2)3/h10-11,13,15H,7-9,12,14H2,1-6H3,(H,21,22)/t20-/m0/s1. The molecule has 0 unspecified atom stereocenters. The van der Waals surface area contributed by atoms with Gasteiger partial charge in [-0.2, -0.15) is 0 Å². The Balaban J connectivity index is 2.73. The Morgan fingerprint density at radius 2 is 2.00 bits per heavy atom. The van der Waals surface area contributed by atoms with Crippen LogP contribution in [-0.4, -0.2) is 25.2 Å². The first-order chi connectivity index (χ1) is 11.3. The zero-order valence-corrected chi connectivity index (χ0v) is 16.1. The summed E-state index contributed by atoms with van der Waals surface area (Å²) in [6, 6.07) is 5.73. The molecule has 4 nitrogen and oxygen atoms in total. The predicted molar refractivity (Wildman–Crippen MR) is 99.7 cm³/mol. The molecule has 4 heteroatoms. The minimum Gasteiger partial charge on any atom is -0.493 e. The van der Waals surface area contributed by atoms with Crippen LogP contribution in [0.3, 0.4) is 0 Å². The quantitative estimate of drug-likeness (QED) is 0.615. The first-order valence-corrected chi connectivity index (χ1v) is 8.92. The number of carbonyl (C=O) groups is 1. The van der Waals surface area contributed by atoms with Gasteiger partial charge in [0.1, 0.15) is 11.4 Å². The topological polar surface area (TPSA) is 47.6 Å². The fourth-order valence-electron chi connectivity index (χ4n) is 2.43. The summed E-state index contributed by atoms with van der Waals surface area (Å²) >= 11 is 0. The van der Waals surface area contributed by atoms with Crippen LogP contribution in [0.5, 0.6) is 5.75 Å². The molecule has 1 aromatic carbocycles. The molecule has 1 rings (SSSR count). The Labute approximate surface area is 146 Å². The highest BCUT2D eigenvalue weighted by molar-refractivity contribution is 5.97. The average molecular weight is 335 g/mol. The van der Waals surface area contributed by atoms with Crippen molar-refractivity contribution in [2.75, 3.05) is 19.0 Å². The fourth-order valence-corrected chi connectivity index (χ4v) is 2.43. The molecule has 0 radical (unpaired) electrons. The zero-order chi connectivity index (χ0) is 18.2. The van der Waals surface area contributed by atoms with Crippen molar-refractivity contribution in [2.24, 2.45) is 5.92 Å². The van der Waals surface area contributed by atoms with Gasteiger partial charge in [-0.05, 0) is 49.9 Å². The lowest BCUT2D eigenvalue weighted by molar-refractivity contribution is -0.136. The lowest BCUT2D eigenvalue weighted by Crippen LogP contribution is -2.41. The van der Waals surface area contributed by atoms with Crippen LogP contribution >= 0.6 is 0 Å². The van der Waals surface area contributed by atoms with Crippen molar-refractivity contribution in [1.29, 1.82) is 0 Å². The number of unbranched alkanes of at least 4 members (excludes halogenated alkanes) is 2. The summed E-state index contributed by atoms with van der Waals surface area (Å²) in [4.78, 5) is 12.6. The Hall–Kier alpha value is -1.55. The number of benzene rings is 1. The molecule has 1 aromatic rings. The van der Waals surface area contributed by atoms with E-state index in [1.54, 1.807) is 7.11 Å². The molecule has 0 aromatic heterocycles. The third kappa shape index (κ3) is 6.16. The minimum atomic E-state index is -0.796. The molecule has 0 aliphatic carbocycles. The number of amides is 1. The molecule has 0 fully saturated rings. The van der Waals surface area contributed by atoms with Crippen molar-refractivity contribution >= 4 is 11.6 Å². The molecule has 136 valence electrons. The second kappa shape index (κ2) is 9.67. The van der Waals surface area contributed by atoms with Crippen LogP contribution < -0.4 is 10.1 Å². The SMILES string of the molecule is CCCCC[C@](C)(OC)C(=O)Nc1ccc(OCC(C)C)c(C)c1. The number of methoxy groups -OCH3 is 1. The van der Waals surface area contributed by atoms with Crippen LogP contribution in [0.25, 0.3) is 0 Å². The van der Waals surface area contributed by atoms with E-state index >= 15 is 0 Å². The third-order valence-corrected chi connectivity index (χ3v) is 4.19. The second-order valence-electron chi connectivity index (χ2n) is 7.03. The first-order valence-electron chi connectivity index (χ1n) is 8.92. The second-order valence-corrected chi connectivity index (χ2v) is 7.03. The Kier molecular flexibility index (Phi) is 8.26. The van der Waals surface area contributed by atoms with Gasteiger partial charge in [0.25, 0.3) is 5.91 Å². The van der Waals surface area contributed by atoms with E-state index < -0.39 is 5.60 Å². The molecule has 1 amide bonds. The first kappa shape index (κ1) is 20.5. The van der Waals surface area contributed by atoms with Gasteiger partial charge in [0.15, 0.2) is 0 Å². The van der Waals surface area contributed by atoms with E-state index in [0.717, 1.165) is 42.7 Å². The monoisotopic (exact) mass is 335 g/mol. The maximum absolute atomic E-state index is 12.6. The Bertz CT molecular complexity index is 528. The summed E-state index contributed by atoms with van der Waals surface area (Å²) in [6.45, 7) is 10.9. The van der Waals surface area contributed by atoms with E-state index in [9.17, 15) is 4.79 Å². The molecule has 0 aliphatic rings. The Morgan fingerprint density at radius 1 is 1.29 bits per heavy atom. The smallest absolute Gasteiger partial charge is 0.256 e. The van der Waals surface area contributed by atoms with Gasteiger partial charge in [0.2, 0.25) is 0 Å². The largest absolute Gasteiger partial charge is 0.493 e. The molecular weight excluding hydrogens is 302 g/mol. The van der Waals surface area contributed by atoms with E-state index in [1.807, 2.05) is 32.0 Å². The van der Waals surface area contributed by atoms with Crippen molar-refractivity contribution in [1.82, 2.24) is 0 Å². The van der Waals surface area contributed by atoms with Crippen LogP contribution in [-0.2, 0) is 9.53 Å². The molecule has 0 heterocycles. The maximum Gasteiger partial charge on any atom is 0.256 e. The van der Waals surface area contributed by atoms with Crippen molar-refractivity contribution < 1.29 is 14.3 Å². The molecule has 1 N–H and O–H groups in total. The minimum absolute atomic E-state index is 0.101. The van der Waals surface area contributed by atoms with Gasteiger partial charge in [-0.3, -0.25) is 4.79 Å². The van der Waals surface area contributed by atoms with Crippen LogP contribution in [0, 0.1) is 12.8 Å². The van der Waals surface area contributed by atoms with Crippen LogP contribution in [0.15, 0.2) is 18.2 Å². The summed E-state index contributed by atoms with van der Waals surface area (Å²) in [5.41, 5.74) is 0.988. The van der Waals surface area contributed by atoms with E-state index in [4.69, 9.17) is 9.47 Å². The van der Waals surface area contributed by atoms with E-state index in [2.05, 4.69) is 26.1 Å². The van der Waals surface area contributed by atoms with Crippen LogP contribution in [0.2, 0.25) is 0 Å². The molecule has 24 heavy (non-hydrogen) atoms. The zero-order valence-electron chi connectivity index (χ0n) is 16.1. The van der Waals surface area contributed by atoms with Gasteiger partial charge in [0, 0.05) is 12.8 Å². The summed E-state index contributed by atoms with van der Waals surface area (Å²) < 4.78 is 11.3. The molecule has 0 saturated carbocycles. The highest BCUT2D eigenvalue weighted by Gasteiger charge is 2.32. The van der Waals surface area contributed by atoms with E-state index in [0.29, 0.717) is 12.5 Å². The number of ether oxygens (including phenoxy) is 2. The number of hydrogen-bond acceptors (Lipinski definition) is 3. The van der Waals surface area contributed by atoms with Crippen molar-refractivity contribution in [3.05, 3.63) is 23.8 Å². The average Bonchev–Trinajstić information content (AvgIpc) is 2.53.